The Labute approximate surface area is 133 Å². The van der Waals surface area contributed by atoms with Crippen LogP contribution in [0.5, 0.6) is 5.88 Å². The van der Waals surface area contributed by atoms with E-state index < -0.39 is 0 Å². The number of nitrogens with two attached hydrogens (primary N) is 1. The number of hydrogen-bond acceptors (Lipinski definition) is 5. The number of anilines is 2. The van der Waals surface area contributed by atoms with Crippen LogP contribution in [-0.2, 0) is 6.42 Å². The van der Waals surface area contributed by atoms with Crippen LogP contribution in [0.4, 0.5) is 11.5 Å². The largest absolute Gasteiger partial charge is 0.476 e. The van der Waals surface area contributed by atoms with Crippen molar-refractivity contribution in [3.63, 3.8) is 0 Å². The van der Waals surface area contributed by atoms with E-state index in [1.807, 2.05) is 19.1 Å². The second-order valence-corrected chi connectivity index (χ2v) is 5.13. The van der Waals surface area contributed by atoms with Gasteiger partial charge in [-0.05, 0) is 31.0 Å². The highest BCUT2D eigenvalue weighted by Crippen LogP contribution is 2.25. The normalized spacial score (nSPS) is 10.4. The van der Waals surface area contributed by atoms with Gasteiger partial charge in [-0.3, -0.25) is 0 Å². The molecule has 0 saturated heterocycles. The lowest BCUT2D eigenvalue weighted by Gasteiger charge is -2.11. The molecule has 21 heavy (non-hydrogen) atoms. The molecule has 2 aromatic rings. The van der Waals surface area contributed by atoms with Crippen LogP contribution in [0.1, 0.15) is 12.5 Å². The Bertz CT molecular complexity index is 622. The van der Waals surface area contributed by atoms with Crippen molar-refractivity contribution in [1.82, 2.24) is 9.97 Å². The van der Waals surface area contributed by atoms with Crippen LogP contribution in [0.2, 0.25) is 10.0 Å². The van der Waals surface area contributed by atoms with Crippen molar-refractivity contribution in [2.75, 3.05) is 24.2 Å². The third-order valence-electron chi connectivity index (χ3n) is 2.83. The molecule has 0 bridgehead atoms. The second-order valence-electron chi connectivity index (χ2n) is 4.29. The van der Waals surface area contributed by atoms with E-state index in [0.717, 1.165) is 12.0 Å². The highest BCUT2D eigenvalue weighted by atomic mass is 35.5. The summed E-state index contributed by atoms with van der Waals surface area (Å²) in [5.41, 5.74) is 7.35. The predicted octanol–water partition coefficient (Wildman–Crippen LogP) is 3.42. The highest BCUT2D eigenvalue weighted by Gasteiger charge is 2.08. The first-order valence-corrected chi connectivity index (χ1v) is 7.28. The molecule has 0 aliphatic rings. The van der Waals surface area contributed by atoms with Gasteiger partial charge in [-0.15, -0.1) is 0 Å². The molecule has 0 radical (unpaired) electrons. The molecule has 1 aromatic carbocycles. The van der Waals surface area contributed by atoms with E-state index in [0.29, 0.717) is 40.6 Å². The number of aromatic nitrogens is 2. The van der Waals surface area contributed by atoms with Crippen LogP contribution < -0.4 is 15.8 Å². The zero-order chi connectivity index (χ0) is 15.2. The minimum atomic E-state index is 0.388. The zero-order valence-electron chi connectivity index (χ0n) is 11.6. The Balaban J connectivity index is 1.99. The Morgan fingerprint density at radius 2 is 2.10 bits per heavy atom. The smallest absolute Gasteiger partial charge is 0.242 e. The zero-order valence-corrected chi connectivity index (χ0v) is 13.1. The predicted molar refractivity (Wildman–Crippen MR) is 86.3 cm³/mol. The van der Waals surface area contributed by atoms with Gasteiger partial charge in [-0.1, -0.05) is 29.3 Å². The summed E-state index contributed by atoms with van der Waals surface area (Å²) in [5, 5.41) is 4.43. The van der Waals surface area contributed by atoms with Gasteiger partial charge in [-0.2, -0.15) is 4.98 Å². The lowest BCUT2D eigenvalue weighted by molar-refractivity contribution is 0.328. The number of halogens is 2. The molecule has 112 valence electrons. The maximum atomic E-state index is 6.13. The summed E-state index contributed by atoms with van der Waals surface area (Å²) < 4.78 is 5.32. The number of nitrogens with one attached hydrogen (secondary N) is 1. The number of nitrogens with zero attached hydrogens (tertiary/aromatic N) is 2. The quantitative estimate of drug-likeness (QED) is 0.850. The van der Waals surface area contributed by atoms with Gasteiger partial charge in [-0.25, -0.2) is 4.98 Å². The Morgan fingerprint density at radius 3 is 2.81 bits per heavy atom. The number of nitrogen functional groups attached to an aromatic ring is 1. The molecule has 7 heteroatoms. The molecule has 1 heterocycles. The Morgan fingerprint density at radius 1 is 1.29 bits per heavy atom. The van der Waals surface area contributed by atoms with Gasteiger partial charge in [0.2, 0.25) is 5.88 Å². The average Bonchev–Trinajstić information content (AvgIpc) is 2.45. The van der Waals surface area contributed by atoms with Crippen molar-refractivity contribution in [2.24, 2.45) is 0 Å². The molecule has 3 N–H and O–H groups in total. The summed E-state index contributed by atoms with van der Waals surface area (Å²) in [4.78, 5) is 8.09. The molecule has 1 aromatic heterocycles. The lowest BCUT2D eigenvalue weighted by Crippen LogP contribution is -2.10. The summed E-state index contributed by atoms with van der Waals surface area (Å²) in [5.74, 6) is 0.943. The molecular formula is C14H16Cl2N4O. The van der Waals surface area contributed by atoms with Crippen molar-refractivity contribution in [2.45, 2.75) is 13.3 Å². The molecule has 0 aliphatic carbocycles. The molecule has 0 saturated carbocycles. The van der Waals surface area contributed by atoms with Crippen molar-refractivity contribution in [1.29, 1.82) is 0 Å². The fourth-order valence-corrected chi connectivity index (χ4v) is 2.32. The SMILES string of the molecule is CCOc1ncnc(NCCc2ccc(Cl)cc2Cl)c1N. The van der Waals surface area contributed by atoms with Crippen LogP contribution in [0.25, 0.3) is 0 Å². The van der Waals surface area contributed by atoms with Crippen LogP contribution in [0, 0.1) is 0 Å². The Kier molecular flexibility index (Phi) is 5.47. The maximum absolute atomic E-state index is 6.13. The molecule has 0 atom stereocenters. The standard InChI is InChI=1S/C14H16Cl2N4O/c1-2-21-14-12(17)13(19-8-20-14)18-6-5-9-3-4-10(15)7-11(9)16/h3-4,7-8H,2,5-6,17H2,1H3,(H,18,19,20). The van der Waals surface area contributed by atoms with E-state index >= 15 is 0 Å². The molecule has 0 fully saturated rings. The van der Waals surface area contributed by atoms with Gasteiger partial charge in [0.25, 0.3) is 0 Å². The summed E-state index contributed by atoms with van der Waals surface area (Å²) in [6, 6.07) is 5.45. The maximum Gasteiger partial charge on any atom is 0.242 e. The summed E-state index contributed by atoms with van der Waals surface area (Å²) in [6.07, 6.45) is 2.14. The molecule has 0 aliphatic heterocycles. The van der Waals surface area contributed by atoms with E-state index in [4.69, 9.17) is 33.7 Å². The fraction of sp³-hybridized carbons (Fsp3) is 0.286. The molecule has 5 nitrogen and oxygen atoms in total. The van der Waals surface area contributed by atoms with Gasteiger partial charge < -0.3 is 15.8 Å². The number of ether oxygens (including phenoxy) is 1. The third-order valence-corrected chi connectivity index (χ3v) is 3.42. The van der Waals surface area contributed by atoms with Crippen LogP contribution in [0.15, 0.2) is 24.5 Å². The average molecular weight is 327 g/mol. The minimum Gasteiger partial charge on any atom is -0.476 e. The van der Waals surface area contributed by atoms with E-state index in [1.54, 1.807) is 6.07 Å². The van der Waals surface area contributed by atoms with E-state index in [-0.39, 0.29) is 0 Å². The van der Waals surface area contributed by atoms with E-state index in [9.17, 15) is 0 Å². The Hall–Kier alpha value is -1.72. The third kappa shape index (κ3) is 4.12. The van der Waals surface area contributed by atoms with Crippen LogP contribution >= 0.6 is 23.2 Å². The van der Waals surface area contributed by atoms with Crippen molar-refractivity contribution in [3.05, 3.63) is 40.1 Å². The number of benzene rings is 1. The van der Waals surface area contributed by atoms with Gasteiger partial charge >= 0.3 is 0 Å². The van der Waals surface area contributed by atoms with Crippen molar-refractivity contribution in [3.8, 4) is 5.88 Å². The van der Waals surface area contributed by atoms with Gasteiger partial charge in [0, 0.05) is 16.6 Å². The molecule has 0 spiro atoms. The van der Waals surface area contributed by atoms with Crippen LogP contribution in [0.3, 0.4) is 0 Å². The fourth-order valence-electron chi connectivity index (χ4n) is 1.81. The van der Waals surface area contributed by atoms with Gasteiger partial charge in [0.1, 0.15) is 12.0 Å². The second kappa shape index (κ2) is 7.33. The van der Waals surface area contributed by atoms with Crippen molar-refractivity contribution >= 4 is 34.7 Å². The topological polar surface area (TPSA) is 73.1 Å². The lowest BCUT2D eigenvalue weighted by atomic mass is 10.1. The first kappa shape index (κ1) is 15.7. The van der Waals surface area contributed by atoms with E-state index in [1.165, 1.54) is 6.33 Å². The van der Waals surface area contributed by atoms with Crippen LogP contribution in [-0.4, -0.2) is 23.1 Å². The van der Waals surface area contributed by atoms with Crippen molar-refractivity contribution < 1.29 is 4.74 Å². The monoisotopic (exact) mass is 326 g/mol. The van der Waals surface area contributed by atoms with E-state index in [2.05, 4.69) is 15.3 Å². The number of rotatable bonds is 6. The molecule has 2 rings (SSSR count). The van der Waals surface area contributed by atoms with Gasteiger partial charge in [0.05, 0.1) is 6.61 Å². The first-order chi connectivity index (χ1) is 10.1. The highest BCUT2D eigenvalue weighted by molar-refractivity contribution is 6.35. The summed E-state index contributed by atoms with van der Waals surface area (Å²) >= 11 is 12.0. The molecule has 0 unspecified atom stereocenters. The number of hydrogen-bond donors (Lipinski definition) is 2. The molecular weight excluding hydrogens is 311 g/mol. The van der Waals surface area contributed by atoms with Gasteiger partial charge in [0.15, 0.2) is 5.82 Å². The summed E-state index contributed by atoms with van der Waals surface area (Å²) in [6.45, 7) is 3.01. The summed E-state index contributed by atoms with van der Waals surface area (Å²) in [7, 11) is 0. The first-order valence-electron chi connectivity index (χ1n) is 6.53. The molecule has 0 amide bonds. The minimum absolute atomic E-state index is 0.388.